The molecular weight excluding hydrogens is 194 g/mol. The topological polar surface area (TPSA) is 57.6 Å². The van der Waals surface area contributed by atoms with E-state index in [1.165, 1.54) is 0 Å². The van der Waals surface area contributed by atoms with E-state index in [-0.39, 0.29) is 12.3 Å². The summed E-state index contributed by atoms with van der Waals surface area (Å²) in [5.41, 5.74) is 0. The third kappa shape index (κ3) is 3.53. The minimum atomic E-state index is -0.790. The molecule has 0 aromatic rings. The molecule has 0 aromatic heterocycles. The van der Waals surface area contributed by atoms with Crippen molar-refractivity contribution in [3.63, 3.8) is 0 Å². The first-order valence-corrected chi connectivity index (χ1v) is 5.50. The van der Waals surface area contributed by atoms with Crippen molar-refractivity contribution in [2.24, 2.45) is 11.8 Å². The molecule has 1 amide bonds. The molecule has 0 saturated carbocycles. The second kappa shape index (κ2) is 5.14. The molecule has 4 heteroatoms. The van der Waals surface area contributed by atoms with E-state index in [2.05, 4.69) is 13.8 Å². The molecule has 86 valence electrons. The van der Waals surface area contributed by atoms with Crippen LogP contribution in [0.25, 0.3) is 0 Å². The Kier molecular flexibility index (Phi) is 4.12. The molecular formula is C11H19NO3. The summed E-state index contributed by atoms with van der Waals surface area (Å²) in [7, 11) is 0. The monoisotopic (exact) mass is 213 g/mol. The Balaban J connectivity index is 2.31. The van der Waals surface area contributed by atoms with Gasteiger partial charge in [-0.05, 0) is 18.3 Å². The van der Waals surface area contributed by atoms with Crippen LogP contribution in [-0.4, -0.2) is 35.0 Å². The van der Waals surface area contributed by atoms with Crippen LogP contribution in [0.4, 0.5) is 0 Å². The van der Waals surface area contributed by atoms with Gasteiger partial charge < -0.3 is 10.0 Å². The van der Waals surface area contributed by atoms with Gasteiger partial charge in [-0.3, -0.25) is 9.59 Å². The second-order valence-electron chi connectivity index (χ2n) is 4.55. The molecule has 0 spiro atoms. The minimum absolute atomic E-state index is 0.149. The number of carboxylic acids is 1. The number of hydrogen-bond acceptors (Lipinski definition) is 2. The molecule has 0 aromatic carbocycles. The van der Waals surface area contributed by atoms with Crippen molar-refractivity contribution < 1.29 is 14.7 Å². The van der Waals surface area contributed by atoms with Crippen LogP contribution in [0.2, 0.25) is 0 Å². The molecule has 1 atom stereocenters. The second-order valence-corrected chi connectivity index (χ2v) is 4.55. The van der Waals surface area contributed by atoms with E-state index in [0.29, 0.717) is 31.2 Å². The molecule has 0 aliphatic carbocycles. The molecule has 15 heavy (non-hydrogen) atoms. The molecule has 1 aliphatic heterocycles. The summed E-state index contributed by atoms with van der Waals surface area (Å²) in [4.78, 5) is 23.7. The number of carbonyl (C=O) groups is 2. The maximum absolute atomic E-state index is 11.5. The molecule has 4 nitrogen and oxygen atoms in total. The highest BCUT2D eigenvalue weighted by Crippen LogP contribution is 2.24. The van der Waals surface area contributed by atoms with Crippen LogP contribution >= 0.6 is 0 Å². The van der Waals surface area contributed by atoms with Crippen molar-refractivity contribution in [3.8, 4) is 0 Å². The Morgan fingerprint density at radius 2 is 2.27 bits per heavy atom. The van der Waals surface area contributed by atoms with Crippen LogP contribution in [0, 0.1) is 11.8 Å². The van der Waals surface area contributed by atoms with Crippen LogP contribution in [0.1, 0.15) is 33.1 Å². The molecule has 1 aliphatic rings. The Morgan fingerprint density at radius 3 is 2.73 bits per heavy atom. The molecule has 0 radical (unpaired) electrons. The van der Waals surface area contributed by atoms with Crippen LogP contribution in [0.3, 0.4) is 0 Å². The molecule has 1 saturated heterocycles. The summed E-state index contributed by atoms with van der Waals surface area (Å²) in [6.45, 7) is 5.64. The number of hydrogen-bond donors (Lipinski definition) is 1. The minimum Gasteiger partial charge on any atom is -0.481 e. The van der Waals surface area contributed by atoms with Gasteiger partial charge in [0.2, 0.25) is 5.91 Å². The number of amides is 1. The Hall–Kier alpha value is -1.06. The third-order valence-electron chi connectivity index (χ3n) is 3.01. The van der Waals surface area contributed by atoms with Crippen LogP contribution < -0.4 is 0 Å². The molecule has 1 fully saturated rings. The van der Waals surface area contributed by atoms with E-state index in [4.69, 9.17) is 5.11 Å². The highest BCUT2D eigenvalue weighted by Gasteiger charge is 2.30. The third-order valence-corrected chi connectivity index (χ3v) is 3.01. The normalized spacial score (nSPS) is 21.4. The fourth-order valence-electron chi connectivity index (χ4n) is 1.89. The first-order valence-electron chi connectivity index (χ1n) is 5.50. The lowest BCUT2D eigenvalue weighted by molar-refractivity contribution is -0.137. The summed E-state index contributed by atoms with van der Waals surface area (Å²) in [6, 6.07) is 0. The van der Waals surface area contributed by atoms with E-state index in [0.717, 1.165) is 6.54 Å². The fraction of sp³-hybridized carbons (Fsp3) is 0.818. The van der Waals surface area contributed by atoms with Crippen molar-refractivity contribution in [1.82, 2.24) is 4.90 Å². The molecule has 1 N–H and O–H groups in total. The lowest BCUT2D eigenvalue weighted by atomic mass is 9.95. The van der Waals surface area contributed by atoms with Crippen molar-refractivity contribution in [3.05, 3.63) is 0 Å². The predicted molar refractivity (Wildman–Crippen MR) is 56.4 cm³/mol. The van der Waals surface area contributed by atoms with Gasteiger partial charge in [0, 0.05) is 25.9 Å². The van der Waals surface area contributed by atoms with Crippen molar-refractivity contribution in [2.45, 2.75) is 33.1 Å². The summed E-state index contributed by atoms with van der Waals surface area (Å²) >= 11 is 0. The quantitative estimate of drug-likeness (QED) is 0.750. The molecule has 1 unspecified atom stereocenters. The number of carbonyl (C=O) groups excluding carboxylic acids is 1. The van der Waals surface area contributed by atoms with Crippen LogP contribution in [0.15, 0.2) is 0 Å². The zero-order valence-electron chi connectivity index (χ0n) is 9.40. The van der Waals surface area contributed by atoms with Gasteiger partial charge in [-0.1, -0.05) is 13.8 Å². The van der Waals surface area contributed by atoms with Crippen molar-refractivity contribution in [2.75, 3.05) is 13.1 Å². The van der Waals surface area contributed by atoms with Gasteiger partial charge in [0.05, 0.1) is 0 Å². The maximum atomic E-state index is 11.5. The van der Waals surface area contributed by atoms with E-state index < -0.39 is 5.97 Å². The van der Waals surface area contributed by atoms with E-state index in [9.17, 15) is 9.59 Å². The number of likely N-dealkylation sites (tertiary alicyclic amines) is 1. The summed E-state index contributed by atoms with van der Waals surface area (Å²) in [6.07, 6.45) is 1.34. The zero-order valence-corrected chi connectivity index (χ0v) is 9.40. The SMILES string of the molecule is CC(C)C1CC(=O)N(CCCC(=O)O)C1. The van der Waals surface area contributed by atoms with E-state index in [1.807, 2.05) is 0 Å². The van der Waals surface area contributed by atoms with E-state index in [1.54, 1.807) is 4.90 Å². The lowest BCUT2D eigenvalue weighted by Gasteiger charge is -2.17. The van der Waals surface area contributed by atoms with E-state index >= 15 is 0 Å². The number of nitrogens with zero attached hydrogens (tertiary/aromatic N) is 1. The standard InChI is InChI=1S/C11H19NO3/c1-8(2)9-6-10(13)12(7-9)5-3-4-11(14)15/h8-9H,3-7H2,1-2H3,(H,14,15). The molecule has 1 rings (SSSR count). The first-order chi connectivity index (χ1) is 7.00. The van der Waals surface area contributed by atoms with Gasteiger partial charge in [0.15, 0.2) is 0 Å². The first kappa shape index (κ1) is 12.0. The van der Waals surface area contributed by atoms with Gasteiger partial charge in [-0.25, -0.2) is 0 Å². The Morgan fingerprint density at radius 1 is 1.60 bits per heavy atom. The number of carboxylic acid groups (broad SMARTS) is 1. The van der Waals surface area contributed by atoms with Gasteiger partial charge in [-0.2, -0.15) is 0 Å². The van der Waals surface area contributed by atoms with Gasteiger partial charge in [0.25, 0.3) is 0 Å². The molecule has 0 bridgehead atoms. The highest BCUT2D eigenvalue weighted by atomic mass is 16.4. The average molecular weight is 213 g/mol. The Bertz CT molecular complexity index is 250. The highest BCUT2D eigenvalue weighted by molar-refractivity contribution is 5.78. The molecule has 1 heterocycles. The summed E-state index contributed by atoms with van der Waals surface area (Å²) < 4.78 is 0. The van der Waals surface area contributed by atoms with Gasteiger partial charge in [0.1, 0.15) is 0 Å². The number of rotatable bonds is 5. The smallest absolute Gasteiger partial charge is 0.303 e. The number of aliphatic carboxylic acids is 1. The average Bonchev–Trinajstić information content (AvgIpc) is 2.47. The predicted octanol–water partition coefficient (Wildman–Crippen LogP) is 1.36. The van der Waals surface area contributed by atoms with Crippen molar-refractivity contribution >= 4 is 11.9 Å². The lowest BCUT2D eigenvalue weighted by Crippen LogP contribution is -2.27. The van der Waals surface area contributed by atoms with Crippen LogP contribution in [0.5, 0.6) is 0 Å². The van der Waals surface area contributed by atoms with Gasteiger partial charge >= 0.3 is 5.97 Å². The summed E-state index contributed by atoms with van der Waals surface area (Å²) in [5.74, 6) is 0.363. The maximum Gasteiger partial charge on any atom is 0.303 e. The van der Waals surface area contributed by atoms with Crippen LogP contribution in [-0.2, 0) is 9.59 Å². The fourth-order valence-corrected chi connectivity index (χ4v) is 1.89. The Labute approximate surface area is 90.3 Å². The summed E-state index contributed by atoms with van der Waals surface area (Å²) in [5, 5.41) is 8.49. The largest absolute Gasteiger partial charge is 0.481 e. The zero-order chi connectivity index (χ0) is 11.4. The van der Waals surface area contributed by atoms with Gasteiger partial charge in [-0.15, -0.1) is 0 Å². The van der Waals surface area contributed by atoms with Crippen molar-refractivity contribution in [1.29, 1.82) is 0 Å².